The van der Waals surface area contributed by atoms with Gasteiger partial charge in [-0.05, 0) is 56.2 Å². The van der Waals surface area contributed by atoms with Gasteiger partial charge in [-0.1, -0.05) is 0 Å². The van der Waals surface area contributed by atoms with E-state index < -0.39 is 0 Å². The van der Waals surface area contributed by atoms with E-state index in [1.54, 1.807) is 12.4 Å². The summed E-state index contributed by atoms with van der Waals surface area (Å²) in [7, 11) is 0. The van der Waals surface area contributed by atoms with Crippen LogP contribution in [0.1, 0.15) is 37.7 Å². The molecule has 2 rings (SSSR count). The van der Waals surface area contributed by atoms with Crippen molar-refractivity contribution in [3.05, 3.63) is 30.1 Å². The average molecular weight is 235 g/mol. The van der Waals surface area contributed by atoms with Gasteiger partial charge in [0.1, 0.15) is 0 Å². The lowest BCUT2D eigenvalue weighted by molar-refractivity contribution is 0.00234. The third-order valence-corrected chi connectivity index (χ3v) is 3.32. The molecule has 1 aromatic heterocycles. The summed E-state index contributed by atoms with van der Waals surface area (Å²) < 4.78 is 5.66. The Balaban J connectivity index is 1.68. The maximum absolute atomic E-state index is 9.96. The summed E-state index contributed by atoms with van der Waals surface area (Å²) in [6.07, 6.45) is 9.79. The normalized spacial score (nSPS) is 22.3. The minimum absolute atomic E-state index is 0.261. The summed E-state index contributed by atoms with van der Waals surface area (Å²) in [4.78, 5) is 3.97. The van der Waals surface area contributed by atoms with Gasteiger partial charge in [0.15, 0.2) is 0 Å². The Bertz CT molecular complexity index is 309. The molecule has 2 atom stereocenters. The van der Waals surface area contributed by atoms with Crippen molar-refractivity contribution in [1.29, 1.82) is 0 Å². The maximum atomic E-state index is 9.96. The first-order chi connectivity index (χ1) is 8.34. The lowest BCUT2D eigenvalue weighted by atomic mass is 10.00. The molecule has 2 unspecified atom stereocenters. The van der Waals surface area contributed by atoms with Gasteiger partial charge in [0.2, 0.25) is 0 Å². The van der Waals surface area contributed by atoms with Crippen LogP contribution in [0.3, 0.4) is 0 Å². The van der Waals surface area contributed by atoms with Crippen molar-refractivity contribution in [2.75, 3.05) is 6.61 Å². The molecule has 1 saturated heterocycles. The van der Waals surface area contributed by atoms with Gasteiger partial charge in [-0.2, -0.15) is 0 Å². The molecule has 1 aromatic rings. The Morgan fingerprint density at radius 1 is 1.35 bits per heavy atom. The molecule has 94 valence electrons. The lowest BCUT2D eigenvalue weighted by Crippen LogP contribution is -2.21. The van der Waals surface area contributed by atoms with Crippen molar-refractivity contribution in [2.45, 2.75) is 50.7 Å². The highest BCUT2D eigenvalue weighted by molar-refractivity contribution is 5.10. The van der Waals surface area contributed by atoms with Crippen LogP contribution in [0.2, 0.25) is 0 Å². The van der Waals surface area contributed by atoms with Crippen molar-refractivity contribution < 1.29 is 9.84 Å². The second-order valence-corrected chi connectivity index (χ2v) is 4.78. The zero-order chi connectivity index (χ0) is 11.9. The predicted molar refractivity (Wildman–Crippen MR) is 66.8 cm³/mol. The zero-order valence-corrected chi connectivity index (χ0v) is 10.2. The summed E-state index contributed by atoms with van der Waals surface area (Å²) >= 11 is 0. The van der Waals surface area contributed by atoms with Crippen LogP contribution >= 0.6 is 0 Å². The Morgan fingerprint density at radius 3 is 2.88 bits per heavy atom. The standard InChI is InChI=1S/C14H21NO2/c16-13(11-12-6-8-15-9-7-12)4-5-14-3-1-2-10-17-14/h6-9,13-14,16H,1-5,10-11H2. The molecule has 0 saturated carbocycles. The Morgan fingerprint density at radius 2 is 2.18 bits per heavy atom. The Hall–Kier alpha value is -0.930. The molecule has 1 aliphatic rings. The fourth-order valence-electron chi connectivity index (χ4n) is 2.31. The largest absolute Gasteiger partial charge is 0.393 e. The average Bonchev–Trinajstić information content (AvgIpc) is 2.39. The molecule has 0 spiro atoms. The molecule has 0 aromatic carbocycles. The number of ether oxygens (including phenoxy) is 1. The van der Waals surface area contributed by atoms with E-state index in [1.165, 1.54) is 12.8 Å². The number of aliphatic hydroxyl groups excluding tert-OH is 1. The second-order valence-electron chi connectivity index (χ2n) is 4.78. The SMILES string of the molecule is OC(CCC1CCCCO1)Cc1ccncc1. The number of rotatable bonds is 5. The van der Waals surface area contributed by atoms with E-state index in [9.17, 15) is 5.11 Å². The smallest absolute Gasteiger partial charge is 0.0581 e. The van der Waals surface area contributed by atoms with Gasteiger partial charge in [0, 0.05) is 19.0 Å². The molecule has 17 heavy (non-hydrogen) atoms. The van der Waals surface area contributed by atoms with Crippen molar-refractivity contribution in [2.24, 2.45) is 0 Å². The fraction of sp³-hybridized carbons (Fsp3) is 0.643. The van der Waals surface area contributed by atoms with Gasteiger partial charge < -0.3 is 9.84 Å². The van der Waals surface area contributed by atoms with Gasteiger partial charge in [-0.25, -0.2) is 0 Å². The van der Waals surface area contributed by atoms with E-state index in [-0.39, 0.29) is 6.10 Å². The number of hydrogen-bond donors (Lipinski definition) is 1. The molecule has 1 N–H and O–H groups in total. The van der Waals surface area contributed by atoms with Crippen LogP contribution in [0.5, 0.6) is 0 Å². The first-order valence-corrected chi connectivity index (χ1v) is 6.53. The molecule has 3 heteroatoms. The molecular formula is C14H21NO2. The first kappa shape index (κ1) is 12.5. The van der Waals surface area contributed by atoms with Crippen molar-refractivity contribution in [3.8, 4) is 0 Å². The summed E-state index contributed by atoms with van der Waals surface area (Å²) in [6, 6.07) is 3.92. The van der Waals surface area contributed by atoms with E-state index in [0.717, 1.165) is 37.9 Å². The third-order valence-electron chi connectivity index (χ3n) is 3.32. The predicted octanol–water partition coefficient (Wildman–Crippen LogP) is 2.33. The van der Waals surface area contributed by atoms with E-state index in [0.29, 0.717) is 6.10 Å². The maximum Gasteiger partial charge on any atom is 0.0581 e. The van der Waals surface area contributed by atoms with Crippen LogP contribution in [-0.2, 0) is 11.2 Å². The summed E-state index contributed by atoms with van der Waals surface area (Å²) in [5.74, 6) is 0. The molecule has 0 amide bonds. The van der Waals surface area contributed by atoms with Gasteiger partial charge in [0.05, 0.1) is 12.2 Å². The van der Waals surface area contributed by atoms with E-state index in [1.807, 2.05) is 12.1 Å². The van der Waals surface area contributed by atoms with Crippen molar-refractivity contribution in [3.63, 3.8) is 0 Å². The molecule has 1 fully saturated rings. The van der Waals surface area contributed by atoms with Crippen molar-refractivity contribution >= 4 is 0 Å². The van der Waals surface area contributed by atoms with Gasteiger partial charge in [0.25, 0.3) is 0 Å². The number of aliphatic hydroxyl groups is 1. The van der Waals surface area contributed by atoms with Gasteiger partial charge in [-0.3, -0.25) is 4.98 Å². The number of hydrogen-bond acceptors (Lipinski definition) is 3. The second kappa shape index (κ2) is 6.72. The van der Waals surface area contributed by atoms with E-state index in [2.05, 4.69) is 4.98 Å². The molecule has 1 aliphatic heterocycles. The quantitative estimate of drug-likeness (QED) is 0.851. The fourth-order valence-corrected chi connectivity index (χ4v) is 2.31. The highest BCUT2D eigenvalue weighted by atomic mass is 16.5. The molecular weight excluding hydrogens is 214 g/mol. The van der Waals surface area contributed by atoms with Crippen LogP contribution in [0, 0.1) is 0 Å². The summed E-state index contributed by atoms with van der Waals surface area (Å²) in [6.45, 7) is 0.894. The van der Waals surface area contributed by atoms with Crippen molar-refractivity contribution in [1.82, 2.24) is 4.98 Å². The van der Waals surface area contributed by atoms with Crippen LogP contribution in [0.25, 0.3) is 0 Å². The summed E-state index contributed by atoms with van der Waals surface area (Å²) in [5, 5.41) is 9.96. The lowest BCUT2D eigenvalue weighted by Gasteiger charge is -2.23. The summed E-state index contributed by atoms with van der Waals surface area (Å²) in [5.41, 5.74) is 1.15. The van der Waals surface area contributed by atoms with Crippen LogP contribution in [0.4, 0.5) is 0 Å². The highest BCUT2D eigenvalue weighted by Crippen LogP contribution is 2.18. The molecule has 0 bridgehead atoms. The van der Waals surface area contributed by atoms with Crippen LogP contribution in [0.15, 0.2) is 24.5 Å². The first-order valence-electron chi connectivity index (χ1n) is 6.53. The third kappa shape index (κ3) is 4.44. The number of aromatic nitrogens is 1. The van der Waals surface area contributed by atoms with Gasteiger partial charge in [-0.15, -0.1) is 0 Å². The molecule has 0 aliphatic carbocycles. The minimum Gasteiger partial charge on any atom is -0.393 e. The van der Waals surface area contributed by atoms with E-state index in [4.69, 9.17) is 4.74 Å². The minimum atomic E-state index is -0.261. The van der Waals surface area contributed by atoms with E-state index >= 15 is 0 Å². The zero-order valence-electron chi connectivity index (χ0n) is 10.2. The Kier molecular flexibility index (Phi) is 4.95. The van der Waals surface area contributed by atoms with Crippen LogP contribution < -0.4 is 0 Å². The topological polar surface area (TPSA) is 42.4 Å². The highest BCUT2D eigenvalue weighted by Gasteiger charge is 2.15. The molecule has 2 heterocycles. The monoisotopic (exact) mass is 235 g/mol. The number of pyridine rings is 1. The molecule has 0 radical (unpaired) electrons. The van der Waals surface area contributed by atoms with Crippen LogP contribution in [-0.4, -0.2) is 28.9 Å². The van der Waals surface area contributed by atoms with Gasteiger partial charge >= 0.3 is 0 Å². The molecule has 3 nitrogen and oxygen atoms in total. The Labute approximate surface area is 103 Å². The number of nitrogens with zero attached hydrogens (tertiary/aromatic N) is 1.